The fourth-order valence-electron chi connectivity index (χ4n) is 3.40. The van der Waals surface area contributed by atoms with Gasteiger partial charge < -0.3 is 28.8 Å². The van der Waals surface area contributed by atoms with E-state index in [-0.39, 0.29) is 11.7 Å². The predicted molar refractivity (Wildman–Crippen MR) is 97.1 cm³/mol. The van der Waals surface area contributed by atoms with Crippen LogP contribution in [0.15, 0.2) is 24.3 Å². The Bertz CT molecular complexity index is 786. The van der Waals surface area contributed by atoms with Gasteiger partial charge in [0.1, 0.15) is 5.75 Å². The zero-order valence-electron chi connectivity index (χ0n) is 15.5. The number of benzene rings is 2. The number of methoxy groups -OCH3 is 4. The van der Waals surface area contributed by atoms with Gasteiger partial charge >= 0.3 is 0 Å². The Morgan fingerprint density at radius 1 is 0.962 bits per heavy atom. The van der Waals surface area contributed by atoms with Gasteiger partial charge in [-0.1, -0.05) is 6.07 Å². The second kappa shape index (κ2) is 7.64. The summed E-state index contributed by atoms with van der Waals surface area (Å²) in [4.78, 5) is 0. The number of hydrogen-bond acceptors (Lipinski definition) is 6. The minimum Gasteiger partial charge on any atom is -0.504 e. The maximum Gasteiger partial charge on any atom is 0.203 e. The third-order valence-corrected chi connectivity index (χ3v) is 4.63. The van der Waals surface area contributed by atoms with Crippen molar-refractivity contribution >= 4 is 0 Å². The van der Waals surface area contributed by atoms with Crippen LogP contribution >= 0.6 is 0 Å². The van der Waals surface area contributed by atoms with Gasteiger partial charge in [-0.25, -0.2) is 0 Å². The molecule has 1 aliphatic heterocycles. The molecule has 0 spiro atoms. The van der Waals surface area contributed by atoms with Gasteiger partial charge in [0.15, 0.2) is 23.0 Å². The van der Waals surface area contributed by atoms with Crippen molar-refractivity contribution in [2.24, 2.45) is 5.92 Å². The molecule has 6 nitrogen and oxygen atoms in total. The van der Waals surface area contributed by atoms with Gasteiger partial charge in [0.05, 0.1) is 35.0 Å². The van der Waals surface area contributed by atoms with Crippen molar-refractivity contribution < 1.29 is 28.8 Å². The number of phenols is 1. The molecule has 0 aliphatic carbocycles. The molecule has 0 aromatic heterocycles. The summed E-state index contributed by atoms with van der Waals surface area (Å²) in [7, 11) is 6.33. The van der Waals surface area contributed by atoms with Gasteiger partial charge in [-0.2, -0.15) is 0 Å². The van der Waals surface area contributed by atoms with Crippen molar-refractivity contribution in [3.05, 3.63) is 35.4 Å². The highest BCUT2D eigenvalue weighted by molar-refractivity contribution is 5.62. The first-order valence-electron chi connectivity index (χ1n) is 8.41. The SMILES string of the molecule is COc1ccc(C[C@H]2COc3cc(OC)c(OC)c(OC)c3C2)cc1O. The zero-order chi connectivity index (χ0) is 18.7. The lowest BCUT2D eigenvalue weighted by atomic mass is 9.90. The summed E-state index contributed by atoms with van der Waals surface area (Å²) in [6.07, 6.45) is 1.56. The zero-order valence-corrected chi connectivity index (χ0v) is 15.5. The van der Waals surface area contributed by atoms with E-state index in [1.165, 1.54) is 7.11 Å². The average Bonchev–Trinajstić information content (AvgIpc) is 2.66. The average molecular weight is 360 g/mol. The fraction of sp³-hybridized carbons (Fsp3) is 0.400. The lowest BCUT2D eigenvalue weighted by Crippen LogP contribution is -2.23. The summed E-state index contributed by atoms with van der Waals surface area (Å²) in [5.41, 5.74) is 2.00. The normalized spacial score (nSPS) is 15.6. The Morgan fingerprint density at radius 2 is 1.69 bits per heavy atom. The highest BCUT2D eigenvalue weighted by Gasteiger charge is 2.28. The lowest BCUT2D eigenvalue weighted by molar-refractivity contribution is 0.213. The largest absolute Gasteiger partial charge is 0.504 e. The minimum atomic E-state index is 0.145. The smallest absolute Gasteiger partial charge is 0.203 e. The molecule has 3 rings (SSSR count). The van der Waals surface area contributed by atoms with Gasteiger partial charge in [-0.15, -0.1) is 0 Å². The van der Waals surface area contributed by atoms with Crippen molar-refractivity contribution in [1.29, 1.82) is 0 Å². The summed E-state index contributed by atoms with van der Waals surface area (Å²) < 4.78 is 27.5. The van der Waals surface area contributed by atoms with Gasteiger partial charge in [-0.05, 0) is 30.5 Å². The summed E-state index contributed by atoms with van der Waals surface area (Å²) in [5, 5.41) is 9.98. The van der Waals surface area contributed by atoms with Crippen molar-refractivity contribution in [3.8, 4) is 34.5 Å². The molecule has 1 N–H and O–H groups in total. The third kappa shape index (κ3) is 3.31. The summed E-state index contributed by atoms with van der Waals surface area (Å²) in [6, 6.07) is 7.31. The molecule has 1 aliphatic rings. The van der Waals surface area contributed by atoms with E-state index in [1.54, 1.807) is 33.5 Å². The molecule has 1 heterocycles. The van der Waals surface area contributed by atoms with Crippen molar-refractivity contribution in [2.45, 2.75) is 12.8 Å². The molecule has 0 unspecified atom stereocenters. The Kier molecular flexibility index (Phi) is 5.30. The summed E-state index contributed by atoms with van der Waals surface area (Å²) in [5.74, 6) is 3.42. The topological polar surface area (TPSA) is 66.4 Å². The molecular weight excluding hydrogens is 336 g/mol. The van der Waals surface area contributed by atoms with Crippen molar-refractivity contribution in [1.82, 2.24) is 0 Å². The van der Waals surface area contributed by atoms with Gasteiger partial charge in [-0.3, -0.25) is 0 Å². The van der Waals surface area contributed by atoms with E-state index in [9.17, 15) is 5.11 Å². The Labute approximate surface area is 153 Å². The Balaban J connectivity index is 1.86. The molecule has 0 saturated carbocycles. The highest BCUT2D eigenvalue weighted by Crippen LogP contribution is 2.47. The molecule has 26 heavy (non-hydrogen) atoms. The molecule has 0 amide bonds. The molecule has 0 fully saturated rings. The van der Waals surface area contributed by atoms with Crippen LogP contribution in [0.3, 0.4) is 0 Å². The molecule has 0 saturated heterocycles. The molecule has 2 aromatic rings. The Morgan fingerprint density at radius 3 is 2.31 bits per heavy atom. The number of ether oxygens (including phenoxy) is 5. The second-order valence-corrected chi connectivity index (χ2v) is 6.21. The molecule has 0 radical (unpaired) electrons. The number of fused-ring (bicyclic) bond motifs is 1. The number of hydrogen-bond donors (Lipinski definition) is 1. The van der Waals surface area contributed by atoms with E-state index in [2.05, 4.69) is 0 Å². The molecule has 1 atom stereocenters. The van der Waals surface area contributed by atoms with Gasteiger partial charge in [0, 0.05) is 17.5 Å². The van der Waals surface area contributed by atoms with Crippen LogP contribution in [0.25, 0.3) is 0 Å². The fourth-order valence-corrected chi connectivity index (χ4v) is 3.40. The van der Waals surface area contributed by atoms with Gasteiger partial charge in [0.25, 0.3) is 0 Å². The predicted octanol–water partition coefficient (Wildman–Crippen LogP) is 3.22. The third-order valence-electron chi connectivity index (χ3n) is 4.63. The van der Waals surface area contributed by atoms with Crippen molar-refractivity contribution in [2.75, 3.05) is 35.0 Å². The van der Waals surface area contributed by atoms with Crippen LogP contribution < -0.4 is 23.7 Å². The van der Waals surface area contributed by atoms with E-state index in [0.717, 1.165) is 29.7 Å². The second-order valence-electron chi connectivity index (χ2n) is 6.21. The highest BCUT2D eigenvalue weighted by atomic mass is 16.5. The first kappa shape index (κ1) is 18.0. The standard InChI is InChI=1S/C20H24O6/c1-22-16-6-5-12(9-15(16)21)7-13-8-14-17(26-11-13)10-18(23-2)20(25-4)19(14)24-3/h5-6,9-10,13,21H,7-8,11H2,1-4H3/t13-/m1/s1. The van der Waals surface area contributed by atoms with E-state index in [4.69, 9.17) is 23.7 Å². The first-order valence-corrected chi connectivity index (χ1v) is 8.41. The van der Waals surface area contributed by atoms with Crippen LogP contribution in [0.2, 0.25) is 0 Å². The van der Waals surface area contributed by atoms with Crippen LogP contribution in [0.1, 0.15) is 11.1 Å². The first-order chi connectivity index (χ1) is 12.6. The van der Waals surface area contributed by atoms with E-state index in [0.29, 0.717) is 29.6 Å². The van der Waals surface area contributed by atoms with Crippen LogP contribution in [0.5, 0.6) is 34.5 Å². The Hall–Kier alpha value is -2.76. The van der Waals surface area contributed by atoms with Gasteiger partial charge in [0.2, 0.25) is 5.75 Å². The van der Waals surface area contributed by atoms with Crippen LogP contribution in [-0.2, 0) is 12.8 Å². The van der Waals surface area contributed by atoms with E-state index in [1.807, 2.05) is 12.1 Å². The molecule has 6 heteroatoms. The molecule has 2 aromatic carbocycles. The van der Waals surface area contributed by atoms with Crippen LogP contribution in [0.4, 0.5) is 0 Å². The lowest BCUT2D eigenvalue weighted by Gasteiger charge is -2.28. The number of aromatic hydroxyl groups is 1. The van der Waals surface area contributed by atoms with E-state index >= 15 is 0 Å². The molecule has 140 valence electrons. The minimum absolute atomic E-state index is 0.145. The monoisotopic (exact) mass is 360 g/mol. The van der Waals surface area contributed by atoms with Crippen LogP contribution in [0, 0.1) is 5.92 Å². The maximum absolute atomic E-state index is 9.98. The summed E-state index contributed by atoms with van der Waals surface area (Å²) >= 11 is 0. The van der Waals surface area contributed by atoms with E-state index < -0.39 is 0 Å². The van der Waals surface area contributed by atoms with Crippen molar-refractivity contribution in [3.63, 3.8) is 0 Å². The number of phenolic OH excluding ortho intramolecular Hbond substituents is 1. The number of rotatable bonds is 6. The quantitative estimate of drug-likeness (QED) is 0.853. The maximum atomic E-state index is 9.98. The van der Waals surface area contributed by atoms with Crippen LogP contribution in [-0.4, -0.2) is 40.2 Å². The molecule has 0 bridgehead atoms. The molecular formula is C20H24O6. The summed E-state index contributed by atoms with van der Waals surface area (Å²) in [6.45, 7) is 0.582.